The molecule has 3 N–H and O–H groups in total. The van der Waals surface area contributed by atoms with Crippen molar-refractivity contribution in [1.29, 1.82) is 0 Å². The zero-order valence-electron chi connectivity index (χ0n) is 10.1. The molecule has 0 bridgehead atoms. The Morgan fingerprint density at radius 1 is 1.31 bits per heavy atom. The van der Waals surface area contributed by atoms with Crippen molar-refractivity contribution in [1.82, 2.24) is 5.32 Å². The molecule has 0 heterocycles. The van der Waals surface area contributed by atoms with Crippen molar-refractivity contribution in [3.05, 3.63) is 29.8 Å². The van der Waals surface area contributed by atoms with Crippen LogP contribution in [0.25, 0.3) is 0 Å². The second-order valence-corrected chi connectivity index (χ2v) is 2.78. The van der Waals surface area contributed by atoms with Crippen LogP contribution in [0.5, 0.6) is 0 Å². The Morgan fingerprint density at radius 2 is 1.94 bits per heavy atom. The smallest absolute Gasteiger partial charge is 0.253 e. The molecule has 0 saturated heterocycles. The minimum Gasteiger partial charge on any atom is -0.395 e. The number of hydrogen-bond donors (Lipinski definition) is 3. The largest absolute Gasteiger partial charge is 0.395 e. The predicted molar refractivity (Wildman–Crippen MR) is 66.8 cm³/mol. The Bertz CT molecular complexity index is 314. The Hall–Kier alpha value is -1.55. The molecule has 1 aromatic rings. The van der Waals surface area contributed by atoms with Crippen molar-refractivity contribution in [3.63, 3.8) is 0 Å². The number of anilines is 1. The van der Waals surface area contributed by atoms with Crippen molar-refractivity contribution in [2.75, 3.05) is 25.5 Å². The van der Waals surface area contributed by atoms with E-state index in [2.05, 4.69) is 10.6 Å². The molecule has 0 aliphatic heterocycles. The number of rotatable bonds is 4. The second-order valence-electron chi connectivity index (χ2n) is 2.78. The molecule has 1 rings (SSSR count). The van der Waals surface area contributed by atoms with Crippen LogP contribution in [0.3, 0.4) is 0 Å². The van der Waals surface area contributed by atoms with Crippen molar-refractivity contribution in [2.24, 2.45) is 0 Å². The van der Waals surface area contributed by atoms with Gasteiger partial charge in [0.25, 0.3) is 5.91 Å². The van der Waals surface area contributed by atoms with Gasteiger partial charge in [-0.2, -0.15) is 0 Å². The highest BCUT2D eigenvalue weighted by atomic mass is 16.3. The fourth-order valence-electron chi connectivity index (χ4n) is 1.16. The first kappa shape index (κ1) is 14.5. The highest BCUT2D eigenvalue weighted by Gasteiger charge is 2.08. The van der Waals surface area contributed by atoms with Crippen LogP contribution in [0.15, 0.2) is 24.3 Å². The summed E-state index contributed by atoms with van der Waals surface area (Å²) in [5.41, 5.74) is 1.37. The lowest BCUT2D eigenvalue weighted by Gasteiger charge is -2.08. The lowest BCUT2D eigenvalue weighted by Crippen LogP contribution is -2.26. The van der Waals surface area contributed by atoms with Gasteiger partial charge < -0.3 is 15.7 Å². The molecule has 1 aromatic carbocycles. The standard InChI is InChI=1S/C10H14N2O2.C2H6/c1-11-9-5-3-2-4-8(9)10(14)12-6-7-13;1-2/h2-5,11,13H,6-7H2,1H3,(H,12,14);1-2H3. The number of nitrogens with one attached hydrogen (secondary N) is 2. The fraction of sp³-hybridized carbons (Fsp3) is 0.417. The van der Waals surface area contributed by atoms with Gasteiger partial charge in [-0.25, -0.2) is 0 Å². The van der Waals surface area contributed by atoms with Crippen LogP contribution in [0.2, 0.25) is 0 Å². The molecule has 0 fully saturated rings. The maximum atomic E-state index is 11.5. The number of carbonyl (C=O) groups excluding carboxylic acids is 1. The van der Waals surface area contributed by atoms with E-state index in [4.69, 9.17) is 5.11 Å². The Kier molecular flexibility index (Phi) is 7.89. The van der Waals surface area contributed by atoms with E-state index in [-0.39, 0.29) is 19.1 Å². The number of carbonyl (C=O) groups is 1. The number of para-hydroxylation sites is 1. The molecule has 0 aliphatic carbocycles. The predicted octanol–water partition coefficient (Wildman–Crippen LogP) is 1.48. The van der Waals surface area contributed by atoms with Crippen LogP contribution in [-0.2, 0) is 0 Å². The average molecular weight is 224 g/mol. The summed E-state index contributed by atoms with van der Waals surface area (Å²) in [6.45, 7) is 4.23. The summed E-state index contributed by atoms with van der Waals surface area (Å²) in [5.74, 6) is -0.177. The van der Waals surface area contributed by atoms with Crippen molar-refractivity contribution in [3.8, 4) is 0 Å². The van der Waals surface area contributed by atoms with Gasteiger partial charge in [-0.1, -0.05) is 26.0 Å². The maximum absolute atomic E-state index is 11.5. The van der Waals surface area contributed by atoms with E-state index in [1.165, 1.54) is 0 Å². The highest BCUT2D eigenvalue weighted by Crippen LogP contribution is 2.13. The van der Waals surface area contributed by atoms with Gasteiger partial charge in [0.15, 0.2) is 0 Å². The van der Waals surface area contributed by atoms with Gasteiger partial charge in [0.2, 0.25) is 0 Å². The molecule has 4 heteroatoms. The Morgan fingerprint density at radius 3 is 2.50 bits per heavy atom. The quantitative estimate of drug-likeness (QED) is 0.726. The molecule has 90 valence electrons. The molecule has 0 radical (unpaired) electrons. The van der Waals surface area contributed by atoms with Crippen molar-refractivity contribution >= 4 is 11.6 Å². The summed E-state index contributed by atoms with van der Waals surface area (Å²) in [6, 6.07) is 7.22. The summed E-state index contributed by atoms with van der Waals surface area (Å²) < 4.78 is 0. The van der Waals surface area contributed by atoms with Gasteiger partial charge in [0, 0.05) is 19.3 Å². The molecule has 16 heavy (non-hydrogen) atoms. The third kappa shape index (κ3) is 4.31. The second kappa shape index (κ2) is 8.73. The topological polar surface area (TPSA) is 61.4 Å². The number of benzene rings is 1. The number of hydrogen-bond acceptors (Lipinski definition) is 3. The van der Waals surface area contributed by atoms with Crippen LogP contribution >= 0.6 is 0 Å². The van der Waals surface area contributed by atoms with E-state index in [0.717, 1.165) is 5.69 Å². The molecular weight excluding hydrogens is 204 g/mol. The lowest BCUT2D eigenvalue weighted by molar-refractivity contribution is 0.0945. The van der Waals surface area contributed by atoms with E-state index < -0.39 is 0 Å². The lowest BCUT2D eigenvalue weighted by atomic mass is 10.1. The van der Waals surface area contributed by atoms with Crippen molar-refractivity contribution < 1.29 is 9.90 Å². The first-order chi connectivity index (χ1) is 7.79. The normalized spacial score (nSPS) is 8.75. The molecule has 0 saturated carbocycles. The third-order valence-corrected chi connectivity index (χ3v) is 1.84. The Labute approximate surface area is 96.7 Å². The Balaban J connectivity index is 0.00000106. The molecule has 0 unspecified atom stereocenters. The van der Waals surface area contributed by atoms with Gasteiger partial charge in [-0.15, -0.1) is 0 Å². The summed E-state index contributed by atoms with van der Waals surface area (Å²) >= 11 is 0. The van der Waals surface area contributed by atoms with Crippen LogP contribution in [0, 0.1) is 0 Å². The highest BCUT2D eigenvalue weighted by molar-refractivity contribution is 5.99. The monoisotopic (exact) mass is 224 g/mol. The van der Waals surface area contributed by atoms with E-state index in [1.807, 2.05) is 26.0 Å². The molecule has 0 aliphatic rings. The molecule has 0 aromatic heterocycles. The van der Waals surface area contributed by atoms with Crippen molar-refractivity contribution in [2.45, 2.75) is 13.8 Å². The van der Waals surface area contributed by atoms with Crippen LogP contribution < -0.4 is 10.6 Å². The number of aliphatic hydroxyl groups excluding tert-OH is 1. The van der Waals surface area contributed by atoms with Crippen LogP contribution in [-0.4, -0.2) is 31.2 Å². The third-order valence-electron chi connectivity index (χ3n) is 1.84. The maximum Gasteiger partial charge on any atom is 0.253 e. The summed E-state index contributed by atoms with van der Waals surface area (Å²) in [5, 5.41) is 14.1. The van der Waals surface area contributed by atoms with E-state index >= 15 is 0 Å². The molecular formula is C12H20N2O2. The zero-order chi connectivity index (χ0) is 12.4. The fourth-order valence-corrected chi connectivity index (χ4v) is 1.16. The summed E-state index contributed by atoms with van der Waals surface area (Å²) in [6.07, 6.45) is 0. The van der Waals surface area contributed by atoms with Gasteiger partial charge in [0.1, 0.15) is 0 Å². The minimum atomic E-state index is -0.177. The van der Waals surface area contributed by atoms with Gasteiger partial charge in [0.05, 0.1) is 12.2 Å². The average Bonchev–Trinajstić information content (AvgIpc) is 2.38. The first-order valence-electron chi connectivity index (χ1n) is 5.45. The SMILES string of the molecule is CC.CNc1ccccc1C(=O)NCCO. The summed E-state index contributed by atoms with van der Waals surface area (Å²) in [4.78, 5) is 11.5. The summed E-state index contributed by atoms with van der Waals surface area (Å²) in [7, 11) is 1.76. The molecule has 0 spiro atoms. The minimum absolute atomic E-state index is 0.0482. The van der Waals surface area contributed by atoms with E-state index in [1.54, 1.807) is 19.2 Å². The van der Waals surface area contributed by atoms with E-state index in [9.17, 15) is 4.79 Å². The van der Waals surface area contributed by atoms with Crippen LogP contribution in [0.4, 0.5) is 5.69 Å². The van der Waals surface area contributed by atoms with E-state index in [0.29, 0.717) is 5.56 Å². The molecule has 1 amide bonds. The molecule has 0 atom stereocenters. The number of aliphatic hydroxyl groups is 1. The van der Waals surface area contributed by atoms with Gasteiger partial charge >= 0.3 is 0 Å². The number of amides is 1. The zero-order valence-corrected chi connectivity index (χ0v) is 10.1. The van der Waals surface area contributed by atoms with Gasteiger partial charge in [-0.3, -0.25) is 4.79 Å². The van der Waals surface area contributed by atoms with Gasteiger partial charge in [-0.05, 0) is 12.1 Å². The van der Waals surface area contributed by atoms with Crippen LogP contribution in [0.1, 0.15) is 24.2 Å². The molecule has 4 nitrogen and oxygen atoms in total. The first-order valence-corrected chi connectivity index (χ1v) is 5.45.